The minimum Gasteiger partial charge on any atom is -0.462 e. The van der Waals surface area contributed by atoms with Crippen LogP contribution in [0.1, 0.15) is 31.1 Å². The number of nitrogens with one attached hydrogen (secondary N) is 1. The van der Waals surface area contributed by atoms with Gasteiger partial charge in [0.25, 0.3) is 5.52 Å². The maximum atomic E-state index is 12.4. The first-order valence-corrected chi connectivity index (χ1v) is 7.48. The number of benzene rings is 1. The van der Waals surface area contributed by atoms with E-state index in [-0.39, 0.29) is 12.2 Å². The number of nitrogens with zero attached hydrogens (tertiary/aromatic N) is 1. The molecule has 0 radical (unpaired) electrons. The number of H-pyrrole nitrogens is 1. The molecule has 0 atom stereocenters. The van der Waals surface area contributed by atoms with Gasteiger partial charge in [0.1, 0.15) is 11.1 Å². The van der Waals surface area contributed by atoms with Crippen LogP contribution in [0.25, 0.3) is 21.8 Å². The molecule has 3 aromatic rings. The van der Waals surface area contributed by atoms with Crippen molar-refractivity contribution in [1.29, 1.82) is 0 Å². The fourth-order valence-corrected chi connectivity index (χ4v) is 2.34. The van der Waals surface area contributed by atoms with Gasteiger partial charge in [-0.05, 0) is 25.1 Å². The maximum absolute atomic E-state index is 12.4. The van der Waals surface area contributed by atoms with Gasteiger partial charge in [0.05, 0.1) is 17.4 Å². The van der Waals surface area contributed by atoms with Crippen molar-refractivity contribution < 1.29 is 19.5 Å². The van der Waals surface area contributed by atoms with Crippen molar-refractivity contribution in [3.8, 4) is 0 Å². The third kappa shape index (κ3) is 2.88. The van der Waals surface area contributed by atoms with Crippen molar-refractivity contribution in [3.05, 3.63) is 52.4 Å². The molecular weight excluding hydrogens is 296 g/mol. The first kappa shape index (κ1) is 16.5. The molecule has 0 aliphatic heterocycles. The van der Waals surface area contributed by atoms with Gasteiger partial charge in [0, 0.05) is 17.0 Å². The third-order valence-electron chi connectivity index (χ3n) is 3.29. The first-order chi connectivity index (χ1) is 11.1. The van der Waals surface area contributed by atoms with E-state index in [9.17, 15) is 14.8 Å². The SMILES string of the molecule is CC.CCOC(=O)c1c[nH]c2c(ccc3ccc[n+](O)c32)c1=O. The Labute approximate surface area is 132 Å². The van der Waals surface area contributed by atoms with Gasteiger partial charge in [0.15, 0.2) is 0 Å². The summed E-state index contributed by atoms with van der Waals surface area (Å²) in [7, 11) is 0. The molecule has 0 saturated heterocycles. The second-order valence-electron chi connectivity index (χ2n) is 4.53. The number of fused-ring (bicyclic) bond motifs is 3. The molecule has 0 aliphatic rings. The van der Waals surface area contributed by atoms with Crippen LogP contribution in [0.5, 0.6) is 0 Å². The van der Waals surface area contributed by atoms with Crippen molar-refractivity contribution in [2.75, 3.05) is 6.61 Å². The van der Waals surface area contributed by atoms with E-state index in [2.05, 4.69) is 4.98 Å². The Morgan fingerprint density at radius 3 is 2.74 bits per heavy atom. The zero-order valence-corrected chi connectivity index (χ0v) is 13.3. The van der Waals surface area contributed by atoms with E-state index in [1.54, 1.807) is 25.1 Å². The van der Waals surface area contributed by atoms with E-state index >= 15 is 0 Å². The minimum atomic E-state index is -0.661. The Kier molecular flexibility index (Phi) is 4.95. The number of aromatic nitrogens is 2. The van der Waals surface area contributed by atoms with E-state index in [0.717, 1.165) is 10.1 Å². The number of esters is 1. The van der Waals surface area contributed by atoms with Gasteiger partial charge in [-0.1, -0.05) is 13.8 Å². The van der Waals surface area contributed by atoms with E-state index in [4.69, 9.17) is 4.74 Å². The van der Waals surface area contributed by atoms with Crippen molar-refractivity contribution in [3.63, 3.8) is 0 Å². The Balaban J connectivity index is 0.000000924. The van der Waals surface area contributed by atoms with E-state index in [1.165, 1.54) is 12.4 Å². The van der Waals surface area contributed by atoms with Gasteiger partial charge in [-0.15, -0.1) is 0 Å². The zero-order valence-electron chi connectivity index (χ0n) is 13.3. The average Bonchev–Trinajstić information content (AvgIpc) is 2.57. The third-order valence-corrected chi connectivity index (χ3v) is 3.29. The molecule has 0 spiro atoms. The predicted octanol–water partition coefficient (Wildman–Crippen LogP) is 2.41. The van der Waals surface area contributed by atoms with E-state index in [0.29, 0.717) is 16.4 Å². The molecular formula is C17H19N2O4+. The van der Waals surface area contributed by atoms with Crippen molar-refractivity contribution in [2.45, 2.75) is 20.8 Å². The fraction of sp³-hybridized carbons (Fsp3) is 0.235. The maximum Gasteiger partial charge on any atom is 0.343 e. The van der Waals surface area contributed by atoms with Crippen LogP contribution in [0, 0.1) is 0 Å². The molecule has 0 fully saturated rings. The molecule has 0 amide bonds. The lowest BCUT2D eigenvalue weighted by molar-refractivity contribution is -0.884. The topological polar surface area (TPSA) is 83.3 Å². The van der Waals surface area contributed by atoms with Crippen LogP contribution in [0.2, 0.25) is 0 Å². The zero-order chi connectivity index (χ0) is 17.0. The summed E-state index contributed by atoms with van der Waals surface area (Å²) in [4.78, 5) is 27.0. The predicted molar refractivity (Wildman–Crippen MR) is 86.8 cm³/mol. The second kappa shape index (κ2) is 6.91. The Morgan fingerprint density at radius 2 is 2.04 bits per heavy atom. The molecule has 0 aliphatic carbocycles. The minimum absolute atomic E-state index is 0.0517. The molecule has 1 aromatic carbocycles. The number of rotatable bonds is 2. The largest absolute Gasteiger partial charge is 0.462 e. The lowest BCUT2D eigenvalue weighted by Gasteiger charge is -2.04. The number of ether oxygens (including phenoxy) is 1. The summed E-state index contributed by atoms with van der Waals surface area (Å²) in [5.41, 5.74) is 0.466. The molecule has 6 heteroatoms. The van der Waals surface area contributed by atoms with Gasteiger partial charge in [-0.2, -0.15) is 0 Å². The number of hydrogen-bond donors (Lipinski definition) is 2. The highest BCUT2D eigenvalue weighted by molar-refractivity contribution is 6.03. The highest BCUT2D eigenvalue weighted by atomic mass is 16.5. The summed E-state index contributed by atoms with van der Waals surface area (Å²) in [6.07, 6.45) is 2.79. The van der Waals surface area contributed by atoms with Crippen molar-refractivity contribution in [1.82, 2.24) is 4.98 Å². The summed E-state index contributed by atoms with van der Waals surface area (Å²) < 4.78 is 5.80. The van der Waals surface area contributed by atoms with Crippen molar-refractivity contribution >= 4 is 27.8 Å². The van der Waals surface area contributed by atoms with Crippen LogP contribution >= 0.6 is 0 Å². The number of pyridine rings is 2. The molecule has 3 rings (SSSR count). The van der Waals surface area contributed by atoms with Crippen LogP contribution in [0.3, 0.4) is 0 Å². The molecule has 2 aromatic heterocycles. The highest BCUT2D eigenvalue weighted by Crippen LogP contribution is 2.18. The number of hydrogen-bond acceptors (Lipinski definition) is 4. The highest BCUT2D eigenvalue weighted by Gasteiger charge is 2.19. The van der Waals surface area contributed by atoms with Crippen LogP contribution < -0.4 is 10.2 Å². The second-order valence-corrected chi connectivity index (χ2v) is 4.53. The van der Waals surface area contributed by atoms with Gasteiger partial charge < -0.3 is 9.72 Å². The van der Waals surface area contributed by atoms with Crippen LogP contribution in [-0.2, 0) is 4.74 Å². The normalized spacial score (nSPS) is 10.2. The molecule has 2 heterocycles. The number of carbonyl (C=O) groups is 1. The van der Waals surface area contributed by atoms with Crippen LogP contribution in [-0.4, -0.2) is 22.8 Å². The molecule has 0 saturated carbocycles. The van der Waals surface area contributed by atoms with Crippen molar-refractivity contribution in [2.24, 2.45) is 0 Å². The average molecular weight is 315 g/mol. The summed E-state index contributed by atoms with van der Waals surface area (Å²) in [5.74, 6) is -0.661. The van der Waals surface area contributed by atoms with E-state index < -0.39 is 11.4 Å². The Hall–Kier alpha value is -2.89. The molecule has 2 N–H and O–H groups in total. The molecule has 0 unspecified atom stereocenters. The summed E-state index contributed by atoms with van der Waals surface area (Å²) in [5, 5.41) is 11.0. The van der Waals surface area contributed by atoms with Gasteiger partial charge >= 0.3 is 5.97 Å². The smallest absolute Gasteiger partial charge is 0.343 e. The lowest BCUT2D eigenvalue weighted by Crippen LogP contribution is -2.30. The van der Waals surface area contributed by atoms with E-state index in [1.807, 2.05) is 19.9 Å². The Bertz CT molecular complexity index is 915. The molecule has 0 bridgehead atoms. The van der Waals surface area contributed by atoms with Crippen LogP contribution in [0.15, 0.2) is 41.5 Å². The quantitative estimate of drug-likeness (QED) is 0.329. The molecule has 6 nitrogen and oxygen atoms in total. The number of carbonyl (C=O) groups excluding carboxylic acids is 1. The fourth-order valence-electron chi connectivity index (χ4n) is 2.34. The summed E-state index contributed by atoms with van der Waals surface area (Å²) in [6, 6.07) is 6.85. The summed E-state index contributed by atoms with van der Waals surface area (Å²) in [6.45, 7) is 5.87. The van der Waals surface area contributed by atoms with Gasteiger partial charge in [0.2, 0.25) is 11.6 Å². The standard InChI is InChI=1S/C15H12N2O4.C2H6/c1-2-21-15(19)11-8-16-12-10(14(11)18)6-5-9-4-3-7-17(20)13(9)12;1-2/h3-8H,2H2,1H3,(H-,16,18,19,20);1-2H3/p+1. The molecule has 120 valence electrons. The number of aromatic amines is 1. The Morgan fingerprint density at radius 1 is 1.30 bits per heavy atom. The molecule has 23 heavy (non-hydrogen) atoms. The van der Waals surface area contributed by atoms with Gasteiger partial charge in [-0.3, -0.25) is 10.0 Å². The summed E-state index contributed by atoms with van der Waals surface area (Å²) >= 11 is 0. The first-order valence-electron chi connectivity index (χ1n) is 7.48. The van der Waals surface area contributed by atoms with Crippen LogP contribution in [0.4, 0.5) is 0 Å². The lowest BCUT2D eigenvalue weighted by atomic mass is 10.1. The monoisotopic (exact) mass is 315 g/mol. The van der Waals surface area contributed by atoms with Gasteiger partial charge in [-0.25, -0.2) is 4.79 Å².